The van der Waals surface area contributed by atoms with E-state index in [2.05, 4.69) is 11.9 Å². The standard InChI is InChI=1S/C17H28N2O2/c1-4-5-11-19-15(12(2)3)16(20)18-14(17(19)21)13-9-7-6-8-10-13/h4,12-15H,1,5-11H2,2-3H3,(H,18,20). The fraction of sp³-hybridized carbons (Fsp3) is 0.765. The van der Waals surface area contributed by atoms with Crippen molar-refractivity contribution >= 4 is 11.8 Å². The number of hydrogen-bond donors (Lipinski definition) is 1. The molecule has 4 nitrogen and oxygen atoms in total. The molecule has 2 rings (SSSR count). The molecule has 0 radical (unpaired) electrons. The van der Waals surface area contributed by atoms with Crippen molar-refractivity contribution in [1.29, 1.82) is 0 Å². The number of amides is 2. The van der Waals surface area contributed by atoms with Crippen LogP contribution in [0.2, 0.25) is 0 Å². The van der Waals surface area contributed by atoms with Gasteiger partial charge in [-0.3, -0.25) is 9.59 Å². The zero-order valence-corrected chi connectivity index (χ0v) is 13.3. The van der Waals surface area contributed by atoms with Crippen LogP contribution >= 0.6 is 0 Å². The van der Waals surface area contributed by atoms with Crippen LogP contribution in [0.1, 0.15) is 52.4 Å². The first kappa shape index (κ1) is 16.1. The molecule has 2 aliphatic rings. The Labute approximate surface area is 128 Å². The minimum absolute atomic E-state index is 0.0178. The Morgan fingerprint density at radius 1 is 1.29 bits per heavy atom. The summed E-state index contributed by atoms with van der Waals surface area (Å²) in [5.41, 5.74) is 0. The maximum absolute atomic E-state index is 12.9. The van der Waals surface area contributed by atoms with E-state index in [-0.39, 0.29) is 29.8 Å². The lowest BCUT2D eigenvalue weighted by Crippen LogP contribution is -2.66. The highest BCUT2D eigenvalue weighted by Gasteiger charge is 2.44. The Kier molecular flexibility index (Phi) is 5.43. The van der Waals surface area contributed by atoms with Gasteiger partial charge in [-0.15, -0.1) is 6.58 Å². The van der Waals surface area contributed by atoms with Crippen LogP contribution < -0.4 is 5.32 Å². The average Bonchev–Trinajstić information content (AvgIpc) is 2.48. The van der Waals surface area contributed by atoms with E-state index in [1.807, 2.05) is 19.9 Å². The summed E-state index contributed by atoms with van der Waals surface area (Å²) in [7, 11) is 0. The number of hydrogen-bond acceptors (Lipinski definition) is 2. The van der Waals surface area contributed by atoms with Crippen molar-refractivity contribution in [2.24, 2.45) is 11.8 Å². The normalized spacial score (nSPS) is 27.9. The molecule has 2 amide bonds. The molecule has 0 aromatic heterocycles. The predicted molar refractivity (Wildman–Crippen MR) is 83.7 cm³/mol. The Morgan fingerprint density at radius 2 is 1.95 bits per heavy atom. The van der Waals surface area contributed by atoms with E-state index >= 15 is 0 Å². The summed E-state index contributed by atoms with van der Waals surface area (Å²) in [4.78, 5) is 27.1. The third-order valence-corrected chi connectivity index (χ3v) is 4.78. The monoisotopic (exact) mass is 292 g/mol. The number of rotatable bonds is 5. The lowest BCUT2D eigenvalue weighted by atomic mass is 9.81. The summed E-state index contributed by atoms with van der Waals surface area (Å²) in [5, 5.41) is 3.02. The quantitative estimate of drug-likeness (QED) is 0.792. The molecule has 2 unspecified atom stereocenters. The van der Waals surface area contributed by atoms with E-state index in [0.29, 0.717) is 12.5 Å². The molecule has 1 N–H and O–H groups in total. The van der Waals surface area contributed by atoms with Crippen molar-refractivity contribution < 1.29 is 9.59 Å². The molecule has 0 spiro atoms. The molecule has 2 atom stereocenters. The van der Waals surface area contributed by atoms with Crippen LogP contribution in [0, 0.1) is 11.8 Å². The first-order chi connectivity index (χ1) is 10.1. The summed E-state index contributed by atoms with van der Waals surface area (Å²) >= 11 is 0. The second-order valence-electron chi connectivity index (χ2n) is 6.68. The summed E-state index contributed by atoms with van der Waals surface area (Å²) in [5.74, 6) is 0.576. The molecule has 1 saturated heterocycles. The van der Waals surface area contributed by atoms with Crippen molar-refractivity contribution in [2.75, 3.05) is 6.54 Å². The van der Waals surface area contributed by atoms with Crippen LogP contribution in [-0.2, 0) is 9.59 Å². The van der Waals surface area contributed by atoms with Gasteiger partial charge in [0, 0.05) is 6.54 Å². The van der Waals surface area contributed by atoms with Crippen LogP contribution in [0.15, 0.2) is 12.7 Å². The van der Waals surface area contributed by atoms with Crippen LogP contribution in [0.4, 0.5) is 0 Å². The van der Waals surface area contributed by atoms with Crippen molar-refractivity contribution in [1.82, 2.24) is 10.2 Å². The summed E-state index contributed by atoms with van der Waals surface area (Å²) < 4.78 is 0. The van der Waals surface area contributed by atoms with E-state index in [1.165, 1.54) is 19.3 Å². The second-order valence-corrected chi connectivity index (χ2v) is 6.68. The molecule has 0 aromatic carbocycles. The van der Waals surface area contributed by atoms with E-state index in [9.17, 15) is 9.59 Å². The summed E-state index contributed by atoms with van der Waals surface area (Å²) in [6.07, 6.45) is 8.25. The largest absolute Gasteiger partial charge is 0.342 e. The average molecular weight is 292 g/mol. The molecule has 1 aliphatic carbocycles. The van der Waals surface area contributed by atoms with Gasteiger partial charge in [0.15, 0.2) is 0 Å². The predicted octanol–water partition coefficient (Wildman–Crippen LogP) is 2.49. The number of nitrogens with zero attached hydrogens (tertiary/aromatic N) is 1. The zero-order valence-electron chi connectivity index (χ0n) is 13.3. The first-order valence-corrected chi connectivity index (χ1v) is 8.28. The van der Waals surface area contributed by atoms with Crippen LogP contribution in [0.5, 0.6) is 0 Å². The molecular formula is C17H28N2O2. The van der Waals surface area contributed by atoms with Gasteiger partial charge >= 0.3 is 0 Å². The Morgan fingerprint density at radius 3 is 2.52 bits per heavy atom. The highest BCUT2D eigenvalue weighted by Crippen LogP contribution is 2.30. The van der Waals surface area contributed by atoms with Gasteiger partial charge in [0.25, 0.3) is 0 Å². The van der Waals surface area contributed by atoms with Crippen LogP contribution in [0.3, 0.4) is 0 Å². The van der Waals surface area contributed by atoms with Gasteiger partial charge in [0.2, 0.25) is 11.8 Å². The van der Waals surface area contributed by atoms with Gasteiger partial charge in [-0.05, 0) is 31.1 Å². The molecule has 1 heterocycles. The summed E-state index contributed by atoms with van der Waals surface area (Å²) in [6, 6.07) is -0.644. The van der Waals surface area contributed by atoms with E-state index in [1.54, 1.807) is 4.90 Å². The zero-order chi connectivity index (χ0) is 15.4. The van der Waals surface area contributed by atoms with Crippen molar-refractivity contribution in [3.05, 3.63) is 12.7 Å². The smallest absolute Gasteiger partial charge is 0.246 e. The minimum atomic E-state index is -0.336. The Balaban J connectivity index is 2.17. The van der Waals surface area contributed by atoms with Gasteiger partial charge in [-0.2, -0.15) is 0 Å². The minimum Gasteiger partial charge on any atom is -0.342 e. The van der Waals surface area contributed by atoms with Gasteiger partial charge in [0.1, 0.15) is 12.1 Å². The molecule has 118 valence electrons. The first-order valence-electron chi connectivity index (χ1n) is 8.28. The van der Waals surface area contributed by atoms with Gasteiger partial charge in [-0.25, -0.2) is 0 Å². The topological polar surface area (TPSA) is 49.4 Å². The summed E-state index contributed by atoms with van der Waals surface area (Å²) in [6.45, 7) is 8.33. The molecular weight excluding hydrogens is 264 g/mol. The lowest BCUT2D eigenvalue weighted by Gasteiger charge is -2.43. The molecule has 1 saturated carbocycles. The van der Waals surface area contributed by atoms with Crippen LogP contribution in [0.25, 0.3) is 0 Å². The van der Waals surface area contributed by atoms with E-state index in [4.69, 9.17) is 0 Å². The van der Waals surface area contributed by atoms with Crippen LogP contribution in [-0.4, -0.2) is 35.3 Å². The number of piperazine rings is 1. The molecule has 1 aliphatic heterocycles. The molecule has 21 heavy (non-hydrogen) atoms. The maximum atomic E-state index is 12.9. The Hall–Kier alpha value is -1.32. The SMILES string of the molecule is C=CCCN1C(=O)C(C2CCCCC2)NC(=O)C1C(C)C. The van der Waals surface area contributed by atoms with Gasteiger partial charge in [-0.1, -0.05) is 39.2 Å². The van der Waals surface area contributed by atoms with Crippen molar-refractivity contribution in [3.63, 3.8) is 0 Å². The second kappa shape index (κ2) is 7.10. The third-order valence-electron chi connectivity index (χ3n) is 4.78. The molecule has 0 bridgehead atoms. The fourth-order valence-corrected chi connectivity index (χ4v) is 3.69. The highest BCUT2D eigenvalue weighted by molar-refractivity contribution is 5.97. The lowest BCUT2D eigenvalue weighted by molar-refractivity contribution is -0.153. The molecule has 2 fully saturated rings. The van der Waals surface area contributed by atoms with Crippen molar-refractivity contribution in [2.45, 2.75) is 64.5 Å². The fourth-order valence-electron chi connectivity index (χ4n) is 3.69. The van der Waals surface area contributed by atoms with E-state index in [0.717, 1.165) is 19.3 Å². The number of carbonyl (C=O) groups is 2. The van der Waals surface area contributed by atoms with Gasteiger partial charge < -0.3 is 10.2 Å². The maximum Gasteiger partial charge on any atom is 0.246 e. The van der Waals surface area contributed by atoms with E-state index < -0.39 is 0 Å². The number of nitrogens with one attached hydrogen (secondary N) is 1. The molecule has 0 aromatic rings. The van der Waals surface area contributed by atoms with Crippen molar-refractivity contribution in [3.8, 4) is 0 Å². The Bertz CT molecular complexity index is 400. The van der Waals surface area contributed by atoms with Gasteiger partial charge in [0.05, 0.1) is 0 Å². The highest BCUT2D eigenvalue weighted by atomic mass is 16.2. The third kappa shape index (κ3) is 3.47. The number of carbonyl (C=O) groups excluding carboxylic acids is 2. The molecule has 4 heteroatoms.